The highest BCUT2D eigenvalue weighted by molar-refractivity contribution is 5.95. The van der Waals surface area contributed by atoms with Crippen molar-refractivity contribution in [2.75, 3.05) is 33.5 Å². The Morgan fingerprint density at radius 3 is 2.29 bits per heavy atom. The maximum atomic E-state index is 12.3. The molecule has 0 fully saturated rings. The highest BCUT2D eigenvalue weighted by Gasteiger charge is 2.10. The van der Waals surface area contributed by atoms with E-state index in [9.17, 15) is 4.79 Å². The molecule has 0 aliphatic carbocycles. The predicted molar refractivity (Wildman–Crippen MR) is 107 cm³/mol. The molecule has 6 heteroatoms. The number of rotatable bonds is 9. The number of para-hydroxylation sites is 2. The molecule has 6 nitrogen and oxygen atoms in total. The lowest BCUT2D eigenvalue weighted by molar-refractivity contribution is 0.0958. The van der Waals surface area contributed by atoms with E-state index in [2.05, 4.69) is 17.2 Å². The van der Waals surface area contributed by atoms with E-state index in [0.29, 0.717) is 41.8 Å². The van der Waals surface area contributed by atoms with Gasteiger partial charge in [-0.25, -0.2) is 0 Å². The Morgan fingerprint density at radius 1 is 0.893 bits per heavy atom. The Hall–Kier alpha value is -3.33. The van der Waals surface area contributed by atoms with Crippen LogP contribution in [0.1, 0.15) is 24.2 Å². The first-order valence-electron chi connectivity index (χ1n) is 9.09. The van der Waals surface area contributed by atoms with Gasteiger partial charge >= 0.3 is 0 Å². The van der Waals surface area contributed by atoms with Crippen LogP contribution in [0.2, 0.25) is 0 Å². The second-order valence-corrected chi connectivity index (χ2v) is 5.50. The van der Waals surface area contributed by atoms with Crippen LogP contribution in [-0.2, 0) is 0 Å². The first-order chi connectivity index (χ1) is 13.7. The number of amides is 1. The molecule has 2 aromatic rings. The van der Waals surface area contributed by atoms with Gasteiger partial charge in [0.05, 0.1) is 26.9 Å². The van der Waals surface area contributed by atoms with E-state index in [1.54, 1.807) is 25.3 Å². The van der Waals surface area contributed by atoms with Gasteiger partial charge in [-0.3, -0.25) is 4.79 Å². The maximum absolute atomic E-state index is 12.3. The second kappa shape index (κ2) is 11.4. The van der Waals surface area contributed by atoms with Crippen LogP contribution in [-0.4, -0.2) is 39.4 Å². The highest BCUT2D eigenvalue weighted by atomic mass is 16.5. The average molecular weight is 383 g/mol. The standard InChI is InChI=1S/C22H25NO5/c1-4-26-20-13-12-17(16-21(20)27-5-2)22(24)23-14-8-9-15-28-19-11-7-6-10-18(19)25-3/h6-7,10-13,16H,4-5,14-15H2,1-3H3,(H,23,24). The molecule has 1 N–H and O–H groups in total. The Morgan fingerprint density at radius 2 is 1.57 bits per heavy atom. The van der Waals surface area contributed by atoms with Crippen molar-refractivity contribution in [3.63, 3.8) is 0 Å². The quantitative estimate of drug-likeness (QED) is 0.673. The molecule has 28 heavy (non-hydrogen) atoms. The van der Waals surface area contributed by atoms with Crippen LogP contribution >= 0.6 is 0 Å². The van der Waals surface area contributed by atoms with E-state index in [0.717, 1.165) is 0 Å². The van der Waals surface area contributed by atoms with Crippen molar-refractivity contribution in [2.45, 2.75) is 13.8 Å². The third kappa shape index (κ3) is 6.13. The minimum atomic E-state index is -0.232. The smallest absolute Gasteiger partial charge is 0.252 e. The normalized spacial score (nSPS) is 9.68. The SMILES string of the molecule is CCOc1ccc(C(=O)NCC#CCOc2ccccc2OC)cc1OCC. The number of carbonyl (C=O) groups is 1. The second-order valence-electron chi connectivity index (χ2n) is 5.50. The molecule has 2 aromatic carbocycles. The molecular formula is C22H25NO5. The summed E-state index contributed by atoms with van der Waals surface area (Å²) in [4.78, 5) is 12.3. The molecule has 1 amide bonds. The molecule has 148 valence electrons. The van der Waals surface area contributed by atoms with Crippen molar-refractivity contribution in [1.82, 2.24) is 5.32 Å². The maximum Gasteiger partial charge on any atom is 0.252 e. The van der Waals surface area contributed by atoms with Crippen molar-refractivity contribution in [2.24, 2.45) is 0 Å². The summed E-state index contributed by atoms with van der Waals surface area (Å²) in [5, 5.41) is 2.75. The monoisotopic (exact) mass is 383 g/mol. The molecule has 0 aromatic heterocycles. The number of carbonyl (C=O) groups excluding carboxylic acids is 1. The summed E-state index contributed by atoms with van der Waals surface area (Å²) in [7, 11) is 1.58. The molecule has 0 atom stereocenters. The number of benzene rings is 2. The Bertz CT molecular complexity index is 838. The zero-order valence-corrected chi connectivity index (χ0v) is 16.4. The Balaban J connectivity index is 1.86. The number of methoxy groups -OCH3 is 1. The van der Waals surface area contributed by atoms with E-state index in [1.807, 2.05) is 38.1 Å². The van der Waals surface area contributed by atoms with Gasteiger partial charge in [-0.05, 0) is 44.2 Å². The summed E-state index contributed by atoms with van der Waals surface area (Å²) in [5.74, 6) is 7.94. The summed E-state index contributed by atoms with van der Waals surface area (Å²) in [6, 6.07) is 12.4. The Labute approximate surface area is 165 Å². The molecular weight excluding hydrogens is 358 g/mol. The van der Waals surface area contributed by atoms with Gasteiger partial charge in [-0.15, -0.1) is 0 Å². The van der Waals surface area contributed by atoms with Gasteiger partial charge < -0.3 is 24.3 Å². The number of nitrogens with one attached hydrogen (secondary N) is 1. The summed E-state index contributed by atoms with van der Waals surface area (Å²) in [6.45, 7) is 5.21. The number of hydrogen-bond acceptors (Lipinski definition) is 5. The molecule has 2 rings (SSSR count). The lowest BCUT2D eigenvalue weighted by atomic mass is 10.2. The molecule has 0 unspecified atom stereocenters. The van der Waals surface area contributed by atoms with Crippen molar-refractivity contribution < 1.29 is 23.7 Å². The molecule has 0 bridgehead atoms. The van der Waals surface area contributed by atoms with Gasteiger partial charge in [-0.2, -0.15) is 0 Å². The molecule has 0 aliphatic rings. The largest absolute Gasteiger partial charge is 0.493 e. The van der Waals surface area contributed by atoms with E-state index in [-0.39, 0.29) is 19.1 Å². The highest BCUT2D eigenvalue weighted by Crippen LogP contribution is 2.28. The minimum Gasteiger partial charge on any atom is -0.493 e. The van der Waals surface area contributed by atoms with Crippen LogP contribution in [0.4, 0.5) is 0 Å². The first-order valence-corrected chi connectivity index (χ1v) is 9.09. The fourth-order valence-corrected chi connectivity index (χ4v) is 2.38. The fraction of sp³-hybridized carbons (Fsp3) is 0.318. The van der Waals surface area contributed by atoms with Crippen molar-refractivity contribution in [3.8, 4) is 34.8 Å². The Kier molecular flexibility index (Phi) is 8.54. The fourth-order valence-electron chi connectivity index (χ4n) is 2.38. The third-order valence-corrected chi connectivity index (χ3v) is 3.64. The third-order valence-electron chi connectivity index (χ3n) is 3.64. The van der Waals surface area contributed by atoms with Crippen molar-refractivity contribution in [3.05, 3.63) is 48.0 Å². The van der Waals surface area contributed by atoms with E-state index in [4.69, 9.17) is 18.9 Å². The first kappa shape index (κ1) is 21.0. The topological polar surface area (TPSA) is 66.0 Å². The molecule has 0 heterocycles. The van der Waals surface area contributed by atoms with Crippen LogP contribution in [0.15, 0.2) is 42.5 Å². The van der Waals surface area contributed by atoms with Crippen LogP contribution < -0.4 is 24.3 Å². The van der Waals surface area contributed by atoms with Gasteiger partial charge in [0.1, 0.15) is 6.61 Å². The van der Waals surface area contributed by atoms with Crippen LogP contribution in [0.5, 0.6) is 23.0 Å². The lowest BCUT2D eigenvalue weighted by Crippen LogP contribution is -2.23. The van der Waals surface area contributed by atoms with Crippen LogP contribution in [0.3, 0.4) is 0 Å². The van der Waals surface area contributed by atoms with Gasteiger partial charge in [0.15, 0.2) is 23.0 Å². The summed E-state index contributed by atoms with van der Waals surface area (Å²) in [5.41, 5.74) is 0.485. The van der Waals surface area contributed by atoms with Crippen molar-refractivity contribution in [1.29, 1.82) is 0 Å². The lowest BCUT2D eigenvalue weighted by Gasteiger charge is -2.12. The van der Waals surface area contributed by atoms with E-state index < -0.39 is 0 Å². The van der Waals surface area contributed by atoms with Crippen molar-refractivity contribution >= 4 is 5.91 Å². The molecule has 0 aliphatic heterocycles. The zero-order chi connectivity index (χ0) is 20.2. The number of ether oxygens (including phenoxy) is 4. The van der Waals surface area contributed by atoms with Crippen LogP contribution in [0.25, 0.3) is 0 Å². The summed E-state index contributed by atoms with van der Waals surface area (Å²) < 4.78 is 21.8. The number of hydrogen-bond donors (Lipinski definition) is 1. The van der Waals surface area contributed by atoms with Crippen LogP contribution in [0, 0.1) is 11.8 Å². The van der Waals surface area contributed by atoms with E-state index in [1.165, 1.54) is 0 Å². The molecule has 0 saturated carbocycles. The van der Waals surface area contributed by atoms with Gasteiger partial charge in [-0.1, -0.05) is 24.0 Å². The molecule has 0 spiro atoms. The molecule has 0 radical (unpaired) electrons. The zero-order valence-electron chi connectivity index (χ0n) is 16.4. The van der Waals surface area contributed by atoms with Gasteiger partial charge in [0.25, 0.3) is 5.91 Å². The minimum absolute atomic E-state index is 0.202. The van der Waals surface area contributed by atoms with E-state index >= 15 is 0 Å². The summed E-state index contributed by atoms with van der Waals surface area (Å²) in [6.07, 6.45) is 0. The predicted octanol–water partition coefficient (Wildman–Crippen LogP) is 3.30. The van der Waals surface area contributed by atoms with Gasteiger partial charge in [0, 0.05) is 5.56 Å². The van der Waals surface area contributed by atoms with Gasteiger partial charge in [0.2, 0.25) is 0 Å². The molecule has 0 saturated heterocycles. The summed E-state index contributed by atoms with van der Waals surface area (Å²) >= 11 is 0. The average Bonchev–Trinajstić information content (AvgIpc) is 2.72.